The van der Waals surface area contributed by atoms with Gasteiger partial charge in [0.15, 0.2) is 0 Å². The fourth-order valence-electron chi connectivity index (χ4n) is 3.07. The zero-order chi connectivity index (χ0) is 17.5. The van der Waals surface area contributed by atoms with Crippen LogP contribution in [0.25, 0.3) is 0 Å². The van der Waals surface area contributed by atoms with Gasteiger partial charge in [-0.05, 0) is 44.4 Å². The van der Waals surface area contributed by atoms with E-state index in [2.05, 4.69) is 22.9 Å². The topological polar surface area (TPSA) is 70.2 Å². The molecule has 2 amide bonds. The van der Waals surface area contributed by atoms with Crippen molar-refractivity contribution < 1.29 is 9.59 Å². The second-order valence-corrected chi connectivity index (χ2v) is 6.79. The van der Waals surface area contributed by atoms with Crippen LogP contribution < -0.4 is 16.0 Å². The number of hydrogen-bond acceptors (Lipinski definition) is 3. The monoisotopic (exact) mass is 331 g/mol. The van der Waals surface area contributed by atoms with Gasteiger partial charge < -0.3 is 16.0 Å². The van der Waals surface area contributed by atoms with E-state index in [4.69, 9.17) is 0 Å². The second-order valence-electron chi connectivity index (χ2n) is 6.79. The highest BCUT2D eigenvalue weighted by Crippen LogP contribution is 2.13. The van der Waals surface area contributed by atoms with Gasteiger partial charge in [0.2, 0.25) is 5.91 Å². The Hall–Kier alpha value is -1.88. The predicted molar refractivity (Wildman–Crippen MR) is 95.8 cm³/mol. The number of rotatable bonds is 6. The summed E-state index contributed by atoms with van der Waals surface area (Å²) >= 11 is 0. The van der Waals surface area contributed by atoms with Crippen molar-refractivity contribution in [2.75, 3.05) is 6.54 Å². The summed E-state index contributed by atoms with van der Waals surface area (Å²) < 4.78 is 0. The molecule has 3 N–H and O–H groups in total. The van der Waals surface area contributed by atoms with E-state index in [1.54, 1.807) is 12.1 Å². The van der Waals surface area contributed by atoms with Crippen LogP contribution in [0.1, 0.15) is 50.4 Å². The maximum atomic E-state index is 12.7. The minimum Gasteiger partial charge on any atom is -0.351 e. The molecule has 1 aliphatic rings. The normalized spacial score (nSPS) is 23.1. The zero-order valence-electron chi connectivity index (χ0n) is 14.8. The molecule has 1 aromatic rings. The summed E-state index contributed by atoms with van der Waals surface area (Å²) in [6.07, 6.45) is 2.68. The quantitative estimate of drug-likeness (QED) is 0.747. The molecule has 24 heavy (non-hydrogen) atoms. The van der Waals surface area contributed by atoms with Crippen LogP contribution >= 0.6 is 0 Å². The van der Waals surface area contributed by atoms with Crippen LogP contribution in [0.3, 0.4) is 0 Å². The summed E-state index contributed by atoms with van der Waals surface area (Å²) in [6, 6.07) is 9.11. The lowest BCUT2D eigenvalue weighted by Gasteiger charge is -2.31. The number of piperidine rings is 1. The molecule has 0 spiro atoms. The van der Waals surface area contributed by atoms with E-state index in [1.807, 2.05) is 32.0 Å². The molecule has 1 fully saturated rings. The van der Waals surface area contributed by atoms with Gasteiger partial charge in [-0.25, -0.2) is 0 Å². The standard InChI is InChI=1S/C19H29N3O2/c1-4-13(2)17(22-18(23)15-8-6-5-7-9-15)19(24)21-16-10-11-20-14(3)12-16/h5-9,13-14,16-17,20H,4,10-12H2,1-3H3,(H,21,24)(H,22,23). The van der Waals surface area contributed by atoms with Gasteiger partial charge in [0, 0.05) is 17.6 Å². The molecule has 1 saturated heterocycles. The van der Waals surface area contributed by atoms with E-state index in [-0.39, 0.29) is 23.8 Å². The van der Waals surface area contributed by atoms with Gasteiger partial charge in [-0.2, -0.15) is 0 Å². The molecule has 1 heterocycles. The van der Waals surface area contributed by atoms with Crippen LogP contribution in [0.4, 0.5) is 0 Å². The van der Waals surface area contributed by atoms with Gasteiger partial charge in [0.25, 0.3) is 5.91 Å². The smallest absolute Gasteiger partial charge is 0.251 e. The third kappa shape index (κ3) is 5.06. The van der Waals surface area contributed by atoms with Crippen molar-refractivity contribution in [2.45, 2.75) is 58.2 Å². The van der Waals surface area contributed by atoms with Crippen molar-refractivity contribution in [3.8, 4) is 0 Å². The molecule has 0 bridgehead atoms. The molecule has 0 radical (unpaired) electrons. The fourth-order valence-corrected chi connectivity index (χ4v) is 3.07. The third-order valence-electron chi connectivity index (χ3n) is 4.79. The van der Waals surface area contributed by atoms with Crippen LogP contribution in [0.5, 0.6) is 0 Å². The molecule has 0 aromatic heterocycles. The van der Waals surface area contributed by atoms with Crippen LogP contribution in [0.15, 0.2) is 30.3 Å². The maximum Gasteiger partial charge on any atom is 0.251 e. The summed E-state index contributed by atoms with van der Waals surface area (Å²) in [5.41, 5.74) is 0.578. The lowest BCUT2D eigenvalue weighted by molar-refractivity contribution is -0.125. The molecule has 1 aromatic carbocycles. The molecule has 1 aliphatic heterocycles. The molecule has 2 rings (SSSR count). The number of carbonyl (C=O) groups excluding carboxylic acids is 2. The first-order valence-corrected chi connectivity index (χ1v) is 8.91. The minimum absolute atomic E-state index is 0.0762. The lowest BCUT2D eigenvalue weighted by Crippen LogP contribution is -2.55. The molecular formula is C19H29N3O2. The number of amides is 2. The van der Waals surface area contributed by atoms with E-state index < -0.39 is 6.04 Å². The van der Waals surface area contributed by atoms with E-state index in [0.717, 1.165) is 25.8 Å². The lowest BCUT2D eigenvalue weighted by atomic mass is 9.95. The average Bonchev–Trinajstić information content (AvgIpc) is 2.59. The van der Waals surface area contributed by atoms with E-state index >= 15 is 0 Å². The maximum absolute atomic E-state index is 12.7. The van der Waals surface area contributed by atoms with Crippen LogP contribution in [-0.2, 0) is 4.79 Å². The highest BCUT2D eigenvalue weighted by Gasteiger charge is 2.29. The van der Waals surface area contributed by atoms with E-state index in [9.17, 15) is 9.59 Å². The van der Waals surface area contributed by atoms with E-state index in [1.165, 1.54) is 0 Å². The van der Waals surface area contributed by atoms with Gasteiger partial charge in [0.05, 0.1) is 0 Å². The second kappa shape index (κ2) is 8.83. The molecule has 0 saturated carbocycles. The van der Waals surface area contributed by atoms with Crippen LogP contribution in [-0.4, -0.2) is 36.5 Å². The fraction of sp³-hybridized carbons (Fsp3) is 0.579. The highest BCUT2D eigenvalue weighted by molar-refractivity contribution is 5.97. The summed E-state index contributed by atoms with van der Waals surface area (Å²) in [5, 5.41) is 9.43. The molecule has 4 atom stereocenters. The molecule has 0 aliphatic carbocycles. The Labute approximate surface area is 144 Å². The van der Waals surface area contributed by atoms with E-state index in [0.29, 0.717) is 11.6 Å². The van der Waals surface area contributed by atoms with Gasteiger partial charge in [-0.1, -0.05) is 38.5 Å². The van der Waals surface area contributed by atoms with Crippen molar-refractivity contribution in [2.24, 2.45) is 5.92 Å². The zero-order valence-corrected chi connectivity index (χ0v) is 14.8. The first-order chi connectivity index (χ1) is 11.5. The SMILES string of the molecule is CCC(C)C(NC(=O)c1ccccc1)C(=O)NC1CCNC(C)C1. The van der Waals surface area contributed by atoms with Gasteiger partial charge in [0.1, 0.15) is 6.04 Å². The molecule has 4 unspecified atom stereocenters. The minimum atomic E-state index is -0.507. The van der Waals surface area contributed by atoms with Crippen LogP contribution in [0, 0.1) is 5.92 Å². The molecular weight excluding hydrogens is 302 g/mol. The Morgan fingerprint density at radius 1 is 1.29 bits per heavy atom. The van der Waals surface area contributed by atoms with Gasteiger partial charge in [-0.15, -0.1) is 0 Å². The van der Waals surface area contributed by atoms with Crippen LogP contribution in [0.2, 0.25) is 0 Å². The third-order valence-corrected chi connectivity index (χ3v) is 4.79. The highest BCUT2D eigenvalue weighted by atomic mass is 16.2. The van der Waals surface area contributed by atoms with Crippen molar-refractivity contribution in [3.05, 3.63) is 35.9 Å². The van der Waals surface area contributed by atoms with Crippen molar-refractivity contribution in [1.29, 1.82) is 0 Å². The van der Waals surface area contributed by atoms with Crippen molar-refractivity contribution in [1.82, 2.24) is 16.0 Å². The predicted octanol–water partition coefficient (Wildman–Crippen LogP) is 2.09. The first-order valence-electron chi connectivity index (χ1n) is 8.91. The Morgan fingerprint density at radius 3 is 2.62 bits per heavy atom. The summed E-state index contributed by atoms with van der Waals surface area (Å²) in [5.74, 6) is -0.195. The summed E-state index contributed by atoms with van der Waals surface area (Å²) in [4.78, 5) is 25.2. The van der Waals surface area contributed by atoms with Gasteiger partial charge >= 0.3 is 0 Å². The molecule has 5 heteroatoms. The number of benzene rings is 1. The van der Waals surface area contributed by atoms with Crippen molar-refractivity contribution >= 4 is 11.8 Å². The summed E-state index contributed by atoms with van der Waals surface area (Å²) in [6.45, 7) is 7.07. The Balaban J connectivity index is 2.01. The number of nitrogens with one attached hydrogen (secondary N) is 3. The number of carbonyl (C=O) groups is 2. The Morgan fingerprint density at radius 2 is 2.00 bits per heavy atom. The van der Waals surface area contributed by atoms with Crippen molar-refractivity contribution in [3.63, 3.8) is 0 Å². The Kier molecular flexibility index (Phi) is 6.79. The average molecular weight is 331 g/mol. The Bertz CT molecular complexity index is 547. The van der Waals surface area contributed by atoms with Gasteiger partial charge in [-0.3, -0.25) is 9.59 Å². The molecule has 132 valence electrons. The first kappa shape index (κ1) is 18.5. The largest absolute Gasteiger partial charge is 0.351 e. The summed E-state index contributed by atoms with van der Waals surface area (Å²) in [7, 11) is 0. The molecule has 5 nitrogen and oxygen atoms in total. The number of hydrogen-bond donors (Lipinski definition) is 3.